The Morgan fingerprint density at radius 3 is 2.58 bits per heavy atom. The summed E-state index contributed by atoms with van der Waals surface area (Å²) < 4.78 is 2.11. The van der Waals surface area contributed by atoms with Crippen LogP contribution < -0.4 is 0 Å². The van der Waals surface area contributed by atoms with Crippen LogP contribution in [0.25, 0.3) is 0 Å². The molecule has 0 saturated heterocycles. The number of fused-ring (bicyclic) bond motifs is 1. The van der Waals surface area contributed by atoms with E-state index in [1.807, 2.05) is 35.1 Å². The van der Waals surface area contributed by atoms with Gasteiger partial charge in [0.05, 0.1) is 18.2 Å². The molecule has 0 bridgehead atoms. The molecule has 0 N–H and O–H groups in total. The Labute approximate surface area is 142 Å². The molecule has 0 spiro atoms. The Morgan fingerprint density at radius 1 is 1.21 bits per heavy atom. The number of carbonyl (C=O) groups excluding carboxylic acids is 2. The Morgan fingerprint density at radius 2 is 1.92 bits per heavy atom. The lowest BCUT2D eigenvalue weighted by Crippen LogP contribution is -2.42. The van der Waals surface area contributed by atoms with Gasteiger partial charge in [-0.15, -0.1) is 0 Å². The summed E-state index contributed by atoms with van der Waals surface area (Å²) >= 11 is 0. The molecule has 128 valence electrons. The number of hydrogen-bond acceptors (Lipinski definition) is 3. The van der Waals surface area contributed by atoms with Crippen molar-refractivity contribution in [3.63, 3.8) is 0 Å². The lowest BCUT2D eigenvalue weighted by molar-refractivity contribution is -0.136. The van der Waals surface area contributed by atoms with Crippen LogP contribution in [-0.4, -0.2) is 50.8 Å². The van der Waals surface area contributed by atoms with Gasteiger partial charge in [-0.2, -0.15) is 0 Å². The van der Waals surface area contributed by atoms with E-state index in [9.17, 15) is 9.59 Å². The van der Waals surface area contributed by atoms with E-state index in [0.717, 1.165) is 31.0 Å². The standard InChI is InChI=1S/C18H24N4O2/c1-12-9-15(12)18(24)22-8-7-21-11-14(19-17(21)13(22)2)10-16(23)20-5-3-4-6-20/h3-4,11-13,15H,5-10H2,1-2H3/t12-,13+,15+/m1/s1. The topological polar surface area (TPSA) is 58.4 Å². The van der Waals surface area contributed by atoms with Crippen LogP contribution in [0.3, 0.4) is 0 Å². The van der Waals surface area contributed by atoms with E-state index < -0.39 is 0 Å². The maximum atomic E-state index is 12.6. The second kappa shape index (κ2) is 5.76. The summed E-state index contributed by atoms with van der Waals surface area (Å²) in [6, 6.07) is -0.0173. The maximum absolute atomic E-state index is 12.6. The van der Waals surface area contributed by atoms with Gasteiger partial charge in [0, 0.05) is 38.3 Å². The van der Waals surface area contributed by atoms with E-state index in [4.69, 9.17) is 0 Å². The first-order chi connectivity index (χ1) is 11.5. The molecule has 3 aliphatic rings. The van der Waals surface area contributed by atoms with Crippen molar-refractivity contribution in [1.82, 2.24) is 19.4 Å². The second-order valence-corrected chi connectivity index (χ2v) is 7.26. The van der Waals surface area contributed by atoms with Gasteiger partial charge in [-0.05, 0) is 19.3 Å². The van der Waals surface area contributed by atoms with Crippen LogP contribution >= 0.6 is 0 Å². The Hall–Kier alpha value is -2.11. The van der Waals surface area contributed by atoms with E-state index in [1.54, 1.807) is 0 Å². The summed E-state index contributed by atoms with van der Waals surface area (Å²) in [5.74, 6) is 2.02. The van der Waals surface area contributed by atoms with E-state index in [1.165, 1.54) is 0 Å². The van der Waals surface area contributed by atoms with Gasteiger partial charge in [-0.3, -0.25) is 9.59 Å². The van der Waals surface area contributed by atoms with Crippen molar-refractivity contribution in [1.29, 1.82) is 0 Å². The normalized spacial score (nSPS) is 28.2. The summed E-state index contributed by atoms with van der Waals surface area (Å²) in [6.45, 7) is 7.07. The molecule has 3 atom stereocenters. The third-order valence-electron chi connectivity index (χ3n) is 5.49. The Bertz CT molecular complexity index is 700. The Kier molecular flexibility index (Phi) is 3.70. The van der Waals surface area contributed by atoms with Gasteiger partial charge in [-0.25, -0.2) is 4.98 Å². The van der Waals surface area contributed by atoms with E-state index in [-0.39, 0.29) is 23.8 Å². The van der Waals surface area contributed by atoms with Crippen molar-refractivity contribution in [2.24, 2.45) is 11.8 Å². The van der Waals surface area contributed by atoms with Crippen molar-refractivity contribution < 1.29 is 9.59 Å². The number of amides is 2. The van der Waals surface area contributed by atoms with Crippen LogP contribution in [0.5, 0.6) is 0 Å². The van der Waals surface area contributed by atoms with Crippen LogP contribution in [0.15, 0.2) is 18.3 Å². The molecular weight excluding hydrogens is 304 g/mol. The van der Waals surface area contributed by atoms with Crippen molar-refractivity contribution in [2.75, 3.05) is 19.6 Å². The largest absolute Gasteiger partial charge is 0.335 e. The molecule has 0 unspecified atom stereocenters. The third kappa shape index (κ3) is 2.64. The summed E-state index contributed by atoms with van der Waals surface area (Å²) in [4.78, 5) is 33.3. The van der Waals surface area contributed by atoms with Crippen LogP contribution in [-0.2, 0) is 22.6 Å². The molecule has 1 aromatic heterocycles. The fourth-order valence-corrected chi connectivity index (χ4v) is 3.76. The molecule has 4 rings (SSSR count). The monoisotopic (exact) mass is 328 g/mol. The zero-order chi connectivity index (χ0) is 16.8. The van der Waals surface area contributed by atoms with Gasteiger partial charge in [0.15, 0.2) is 0 Å². The maximum Gasteiger partial charge on any atom is 0.229 e. The van der Waals surface area contributed by atoms with Crippen molar-refractivity contribution in [2.45, 2.75) is 39.3 Å². The fraction of sp³-hybridized carbons (Fsp3) is 0.611. The van der Waals surface area contributed by atoms with E-state index >= 15 is 0 Å². The minimum Gasteiger partial charge on any atom is -0.335 e. The lowest BCUT2D eigenvalue weighted by Gasteiger charge is -2.34. The third-order valence-corrected chi connectivity index (χ3v) is 5.49. The van der Waals surface area contributed by atoms with Gasteiger partial charge >= 0.3 is 0 Å². The number of nitrogens with zero attached hydrogens (tertiary/aromatic N) is 4. The highest BCUT2D eigenvalue weighted by Crippen LogP contribution is 2.41. The highest BCUT2D eigenvalue weighted by atomic mass is 16.2. The summed E-state index contributed by atoms with van der Waals surface area (Å²) in [5.41, 5.74) is 0.808. The van der Waals surface area contributed by atoms with Crippen molar-refractivity contribution in [3.05, 3.63) is 29.9 Å². The van der Waals surface area contributed by atoms with Crippen molar-refractivity contribution >= 4 is 11.8 Å². The van der Waals surface area contributed by atoms with Gasteiger partial charge in [0.2, 0.25) is 11.8 Å². The summed E-state index contributed by atoms with van der Waals surface area (Å²) in [6.07, 6.45) is 7.36. The second-order valence-electron chi connectivity index (χ2n) is 7.26. The first kappa shape index (κ1) is 15.4. The average molecular weight is 328 g/mol. The van der Waals surface area contributed by atoms with Gasteiger partial charge in [0.1, 0.15) is 5.82 Å². The predicted octanol–water partition coefficient (Wildman–Crippen LogP) is 1.38. The number of aromatic nitrogens is 2. The molecule has 1 fully saturated rings. The van der Waals surface area contributed by atoms with Crippen LogP contribution in [0.1, 0.15) is 37.8 Å². The number of imidazole rings is 1. The van der Waals surface area contributed by atoms with E-state index in [0.29, 0.717) is 25.4 Å². The van der Waals surface area contributed by atoms with Gasteiger partial charge in [0.25, 0.3) is 0 Å². The molecule has 2 amide bonds. The zero-order valence-electron chi connectivity index (χ0n) is 14.3. The molecule has 2 aliphatic heterocycles. The smallest absolute Gasteiger partial charge is 0.229 e. The molecule has 0 aromatic carbocycles. The number of carbonyl (C=O) groups is 2. The van der Waals surface area contributed by atoms with Gasteiger partial charge < -0.3 is 14.4 Å². The zero-order valence-corrected chi connectivity index (χ0v) is 14.3. The molecule has 24 heavy (non-hydrogen) atoms. The average Bonchev–Trinajstić information content (AvgIpc) is 2.96. The molecule has 1 saturated carbocycles. The summed E-state index contributed by atoms with van der Waals surface area (Å²) in [7, 11) is 0. The first-order valence-corrected chi connectivity index (χ1v) is 8.84. The molecule has 6 heteroatoms. The predicted molar refractivity (Wildman–Crippen MR) is 89.1 cm³/mol. The highest BCUT2D eigenvalue weighted by molar-refractivity contribution is 5.82. The fourth-order valence-electron chi connectivity index (χ4n) is 3.76. The van der Waals surface area contributed by atoms with E-state index in [2.05, 4.69) is 16.5 Å². The van der Waals surface area contributed by atoms with Gasteiger partial charge in [-0.1, -0.05) is 19.1 Å². The first-order valence-electron chi connectivity index (χ1n) is 8.84. The van der Waals surface area contributed by atoms with Crippen LogP contribution in [0.2, 0.25) is 0 Å². The number of hydrogen-bond donors (Lipinski definition) is 0. The molecule has 1 aromatic rings. The number of rotatable bonds is 3. The SMILES string of the molecule is C[C@@H]1C[C@@H]1C(=O)N1CCn2cc(CC(=O)N3CC=CC3)nc2[C@@H]1C. The van der Waals surface area contributed by atoms with Crippen LogP contribution in [0.4, 0.5) is 0 Å². The minimum atomic E-state index is -0.0173. The molecule has 3 heterocycles. The molecule has 0 radical (unpaired) electrons. The molecule has 6 nitrogen and oxygen atoms in total. The molecule has 1 aliphatic carbocycles. The quantitative estimate of drug-likeness (QED) is 0.788. The summed E-state index contributed by atoms with van der Waals surface area (Å²) in [5, 5.41) is 0. The van der Waals surface area contributed by atoms with Crippen molar-refractivity contribution in [3.8, 4) is 0 Å². The lowest BCUT2D eigenvalue weighted by atomic mass is 10.1. The highest BCUT2D eigenvalue weighted by Gasteiger charge is 2.44. The minimum absolute atomic E-state index is 0.0173. The molecular formula is C18H24N4O2. The van der Waals surface area contributed by atoms with Crippen LogP contribution in [0, 0.1) is 11.8 Å². The Balaban J connectivity index is 1.46.